The maximum atomic E-state index is 12.1. The van der Waals surface area contributed by atoms with Crippen molar-refractivity contribution >= 4 is 11.8 Å². The molecule has 2 amide bonds. The molecule has 2 atom stereocenters. The van der Waals surface area contributed by atoms with Crippen LogP contribution < -0.4 is 11.1 Å². The quantitative estimate of drug-likeness (QED) is 0.736. The Balaban J connectivity index is 1.80. The normalized spacial score (nSPS) is 27.7. The van der Waals surface area contributed by atoms with Gasteiger partial charge in [-0.2, -0.15) is 0 Å². The van der Waals surface area contributed by atoms with Gasteiger partial charge in [-0.15, -0.1) is 0 Å². The van der Waals surface area contributed by atoms with Crippen molar-refractivity contribution in [2.24, 2.45) is 11.7 Å². The summed E-state index contributed by atoms with van der Waals surface area (Å²) in [6, 6.07) is 0.357. The maximum absolute atomic E-state index is 12.1. The van der Waals surface area contributed by atoms with Crippen LogP contribution in [-0.4, -0.2) is 55.6 Å². The van der Waals surface area contributed by atoms with E-state index in [4.69, 9.17) is 10.5 Å². The van der Waals surface area contributed by atoms with Gasteiger partial charge in [0.05, 0.1) is 12.6 Å². The summed E-state index contributed by atoms with van der Waals surface area (Å²) in [5, 5.41) is 3.10. The lowest BCUT2D eigenvalue weighted by molar-refractivity contribution is -0.124. The zero-order chi connectivity index (χ0) is 15.2. The average Bonchev–Trinajstić information content (AvgIpc) is 2.91. The van der Waals surface area contributed by atoms with Gasteiger partial charge in [-0.3, -0.25) is 14.5 Å². The number of primary amides is 1. The van der Waals surface area contributed by atoms with E-state index in [0.717, 1.165) is 25.8 Å². The van der Waals surface area contributed by atoms with Gasteiger partial charge in [0.1, 0.15) is 0 Å². The number of hydrogen-bond donors (Lipinski definition) is 2. The molecule has 6 nitrogen and oxygen atoms in total. The molecular formula is C15H27N3O3. The van der Waals surface area contributed by atoms with Gasteiger partial charge in [0.25, 0.3) is 0 Å². The van der Waals surface area contributed by atoms with E-state index in [0.29, 0.717) is 25.6 Å². The highest BCUT2D eigenvalue weighted by Crippen LogP contribution is 2.22. The third kappa shape index (κ3) is 4.97. The van der Waals surface area contributed by atoms with Gasteiger partial charge in [0.2, 0.25) is 11.8 Å². The minimum atomic E-state index is -0.306. The third-order valence-corrected chi connectivity index (χ3v) is 4.60. The first-order valence-electron chi connectivity index (χ1n) is 7.91. The third-order valence-electron chi connectivity index (χ3n) is 4.60. The van der Waals surface area contributed by atoms with Crippen LogP contribution >= 0.6 is 0 Å². The monoisotopic (exact) mass is 297 g/mol. The van der Waals surface area contributed by atoms with Gasteiger partial charge < -0.3 is 15.8 Å². The van der Waals surface area contributed by atoms with Gasteiger partial charge in [-0.1, -0.05) is 12.8 Å². The highest BCUT2D eigenvalue weighted by Gasteiger charge is 2.31. The smallest absolute Gasteiger partial charge is 0.234 e. The Labute approximate surface area is 126 Å². The number of carbonyl (C=O) groups is 2. The molecule has 1 saturated heterocycles. The number of ether oxygens (including phenoxy) is 1. The van der Waals surface area contributed by atoms with Gasteiger partial charge in [-0.25, -0.2) is 0 Å². The first-order chi connectivity index (χ1) is 10.1. The lowest BCUT2D eigenvalue weighted by Crippen LogP contribution is -2.49. The summed E-state index contributed by atoms with van der Waals surface area (Å²) in [5.74, 6) is -0.129. The van der Waals surface area contributed by atoms with Gasteiger partial charge in [0.15, 0.2) is 0 Å². The Kier molecular flexibility index (Phi) is 5.99. The molecule has 0 bridgehead atoms. The van der Waals surface area contributed by atoms with Crippen LogP contribution in [0, 0.1) is 5.92 Å². The molecule has 21 heavy (non-hydrogen) atoms. The number of hydrogen-bond acceptors (Lipinski definition) is 4. The van der Waals surface area contributed by atoms with Crippen molar-refractivity contribution in [3.05, 3.63) is 0 Å². The van der Waals surface area contributed by atoms with Crippen molar-refractivity contribution in [3.63, 3.8) is 0 Å². The van der Waals surface area contributed by atoms with Crippen LogP contribution in [0.4, 0.5) is 0 Å². The maximum Gasteiger partial charge on any atom is 0.234 e. The van der Waals surface area contributed by atoms with Crippen LogP contribution in [-0.2, 0) is 14.3 Å². The molecule has 0 aromatic heterocycles. The molecule has 0 radical (unpaired) electrons. The molecule has 6 heteroatoms. The van der Waals surface area contributed by atoms with Crippen molar-refractivity contribution in [1.82, 2.24) is 10.2 Å². The molecule has 1 saturated carbocycles. The zero-order valence-electron chi connectivity index (χ0n) is 12.8. The second-order valence-corrected chi connectivity index (χ2v) is 6.28. The summed E-state index contributed by atoms with van der Waals surface area (Å²) in [4.78, 5) is 25.3. The first kappa shape index (κ1) is 16.2. The van der Waals surface area contributed by atoms with Crippen molar-refractivity contribution in [2.75, 3.05) is 26.7 Å². The topological polar surface area (TPSA) is 84.7 Å². The minimum Gasteiger partial charge on any atom is -0.381 e. The van der Waals surface area contributed by atoms with E-state index >= 15 is 0 Å². The van der Waals surface area contributed by atoms with Crippen molar-refractivity contribution in [2.45, 2.75) is 50.7 Å². The number of nitrogens with one attached hydrogen (secondary N) is 1. The molecule has 3 N–H and O–H groups in total. The number of nitrogens with zero attached hydrogens (tertiary/aromatic N) is 1. The molecule has 1 aliphatic carbocycles. The Bertz CT molecular complexity index is 369. The summed E-state index contributed by atoms with van der Waals surface area (Å²) in [6.45, 7) is 1.92. The fourth-order valence-corrected chi connectivity index (χ4v) is 3.54. The molecule has 0 aromatic carbocycles. The molecule has 0 unspecified atom stereocenters. The van der Waals surface area contributed by atoms with E-state index in [9.17, 15) is 9.59 Å². The summed E-state index contributed by atoms with van der Waals surface area (Å²) >= 11 is 0. The van der Waals surface area contributed by atoms with E-state index in [1.165, 1.54) is 12.8 Å². The van der Waals surface area contributed by atoms with Crippen LogP contribution in [0.15, 0.2) is 0 Å². The standard InChI is InChI=1S/C15H27N3O3/c1-21-13-6-7-18(9-11(13)8-14(16)19)10-15(20)17-12-4-2-3-5-12/h11-13H,2-10H2,1H3,(H2,16,19)(H,17,20)/t11-,13-/m1/s1. The molecular weight excluding hydrogens is 270 g/mol. The summed E-state index contributed by atoms with van der Waals surface area (Å²) in [6.07, 6.45) is 5.84. The molecule has 120 valence electrons. The Morgan fingerprint density at radius 2 is 2.00 bits per heavy atom. The highest BCUT2D eigenvalue weighted by atomic mass is 16.5. The van der Waals surface area contributed by atoms with Gasteiger partial charge >= 0.3 is 0 Å². The summed E-state index contributed by atoms with van der Waals surface area (Å²) in [5.41, 5.74) is 5.30. The number of methoxy groups -OCH3 is 1. The van der Waals surface area contributed by atoms with E-state index < -0.39 is 0 Å². The summed E-state index contributed by atoms with van der Waals surface area (Å²) < 4.78 is 5.43. The zero-order valence-corrected chi connectivity index (χ0v) is 12.8. The number of amides is 2. The molecule has 1 heterocycles. The number of nitrogens with two attached hydrogens (primary N) is 1. The fourth-order valence-electron chi connectivity index (χ4n) is 3.54. The molecule has 2 rings (SSSR count). The van der Waals surface area contributed by atoms with E-state index in [1.54, 1.807) is 7.11 Å². The molecule has 0 spiro atoms. The largest absolute Gasteiger partial charge is 0.381 e. The van der Waals surface area contributed by atoms with Crippen molar-refractivity contribution < 1.29 is 14.3 Å². The number of likely N-dealkylation sites (tertiary alicyclic amines) is 1. The number of piperidine rings is 1. The van der Waals surface area contributed by atoms with Crippen molar-refractivity contribution in [3.8, 4) is 0 Å². The van der Waals surface area contributed by atoms with E-state index in [2.05, 4.69) is 10.2 Å². The molecule has 1 aliphatic heterocycles. The minimum absolute atomic E-state index is 0.0617. The highest BCUT2D eigenvalue weighted by molar-refractivity contribution is 5.78. The van der Waals surface area contributed by atoms with Crippen LogP contribution in [0.5, 0.6) is 0 Å². The Hall–Kier alpha value is -1.14. The Morgan fingerprint density at radius 1 is 1.29 bits per heavy atom. The second-order valence-electron chi connectivity index (χ2n) is 6.28. The van der Waals surface area contributed by atoms with E-state index in [1.807, 2.05) is 0 Å². The predicted octanol–water partition coefficient (Wildman–Crippen LogP) is 0.258. The van der Waals surface area contributed by atoms with Crippen molar-refractivity contribution in [1.29, 1.82) is 0 Å². The fraction of sp³-hybridized carbons (Fsp3) is 0.867. The molecule has 0 aromatic rings. The molecule has 2 fully saturated rings. The number of rotatable bonds is 6. The van der Waals surface area contributed by atoms with Gasteiger partial charge in [0, 0.05) is 38.6 Å². The summed E-state index contributed by atoms with van der Waals surface area (Å²) in [7, 11) is 1.67. The van der Waals surface area contributed by atoms with E-state index in [-0.39, 0.29) is 23.8 Å². The van der Waals surface area contributed by atoms with Crippen LogP contribution in [0.1, 0.15) is 38.5 Å². The van der Waals surface area contributed by atoms with Crippen LogP contribution in [0.2, 0.25) is 0 Å². The lowest BCUT2D eigenvalue weighted by atomic mass is 9.91. The molecule has 2 aliphatic rings. The second kappa shape index (κ2) is 7.75. The van der Waals surface area contributed by atoms with Gasteiger partial charge in [-0.05, 0) is 19.3 Å². The first-order valence-corrected chi connectivity index (χ1v) is 7.91. The SMILES string of the molecule is CO[C@@H]1CCN(CC(=O)NC2CCCC2)C[C@H]1CC(N)=O. The predicted molar refractivity (Wildman–Crippen MR) is 79.6 cm³/mol. The van der Waals surface area contributed by atoms with Crippen LogP contribution in [0.3, 0.4) is 0 Å². The lowest BCUT2D eigenvalue weighted by Gasteiger charge is -2.37. The Morgan fingerprint density at radius 3 is 2.62 bits per heavy atom. The average molecular weight is 297 g/mol. The van der Waals surface area contributed by atoms with Crippen LogP contribution in [0.25, 0.3) is 0 Å². The number of carbonyl (C=O) groups excluding carboxylic acids is 2.